The zero-order valence-electron chi connectivity index (χ0n) is 21.2. The van der Waals surface area contributed by atoms with Crippen LogP contribution in [0.4, 0.5) is 0 Å². The van der Waals surface area contributed by atoms with Gasteiger partial charge in [0.15, 0.2) is 0 Å². The summed E-state index contributed by atoms with van der Waals surface area (Å²) in [7, 11) is 4.30. The van der Waals surface area contributed by atoms with Crippen LogP contribution in [0.3, 0.4) is 0 Å². The average molecular weight is 399 g/mol. The minimum absolute atomic E-state index is 0.219. The molecule has 0 heterocycles. The summed E-state index contributed by atoms with van der Waals surface area (Å²) in [5.74, 6) is -0.219. The van der Waals surface area contributed by atoms with Gasteiger partial charge in [0.2, 0.25) is 0 Å². The fourth-order valence-electron chi connectivity index (χ4n) is 5.37. The summed E-state index contributed by atoms with van der Waals surface area (Å²) in [4.78, 5) is 5.37. The van der Waals surface area contributed by atoms with Crippen LogP contribution in [0, 0.1) is 0 Å². The number of hydrogen-bond donors (Lipinski definition) is 2. The molecule has 0 fully saturated rings. The van der Waals surface area contributed by atoms with E-state index in [1.54, 1.807) is 0 Å². The molecule has 1 atom stereocenters. The quantitative estimate of drug-likeness (QED) is 0.268. The molecule has 4 nitrogen and oxygen atoms in total. The van der Waals surface area contributed by atoms with Crippen LogP contribution in [0.1, 0.15) is 107 Å². The Hall–Kier alpha value is -0.160. The third kappa shape index (κ3) is 7.27. The van der Waals surface area contributed by atoms with E-state index >= 15 is 0 Å². The van der Waals surface area contributed by atoms with Crippen molar-refractivity contribution in [2.45, 2.75) is 143 Å². The number of rotatable bonds is 16. The van der Waals surface area contributed by atoms with E-state index in [4.69, 9.17) is 0 Å². The van der Waals surface area contributed by atoms with Crippen molar-refractivity contribution in [2.24, 2.45) is 0 Å². The molecule has 0 amide bonds. The Morgan fingerprint density at radius 1 is 0.643 bits per heavy atom. The molecule has 2 N–H and O–H groups in total. The first-order chi connectivity index (χ1) is 13.1. The first kappa shape index (κ1) is 27.8. The molecule has 0 aliphatic heterocycles. The molecule has 0 aromatic rings. The molecule has 0 spiro atoms. The molecule has 28 heavy (non-hydrogen) atoms. The molecule has 0 bridgehead atoms. The molecule has 0 radical (unpaired) electrons. The molecule has 170 valence electrons. The van der Waals surface area contributed by atoms with Crippen LogP contribution in [-0.4, -0.2) is 59.9 Å². The number of hydrogen-bond acceptors (Lipinski definition) is 4. The lowest BCUT2D eigenvalue weighted by atomic mass is 9.93. The van der Waals surface area contributed by atoms with Crippen molar-refractivity contribution < 1.29 is 0 Å². The first-order valence-electron chi connectivity index (χ1n) is 12.0. The zero-order chi connectivity index (χ0) is 21.9. The van der Waals surface area contributed by atoms with Gasteiger partial charge in [0.25, 0.3) is 0 Å². The second-order valence-electron chi connectivity index (χ2n) is 9.56. The van der Waals surface area contributed by atoms with Gasteiger partial charge in [-0.25, -0.2) is 0 Å². The Morgan fingerprint density at radius 3 is 1.36 bits per heavy atom. The van der Waals surface area contributed by atoms with Crippen molar-refractivity contribution in [1.29, 1.82) is 0 Å². The van der Waals surface area contributed by atoms with E-state index in [9.17, 15) is 0 Å². The Labute approximate surface area is 178 Å². The van der Waals surface area contributed by atoms with Gasteiger partial charge in [0.05, 0.1) is 6.04 Å². The van der Waals surface area contributed by atoms with Crippen LogP contribution < -0.4 is 10.6 Å². The maximum absolute atomic E-state index is 3.84. The Morgan fingerprint density at radius 2 is 1.04 bits per heavy atom. The summed E-state index contributed by atoms with van der Waals surface area (Å²) in [6.07, 6.45) is 9.25. The van der Waals surface area contributed by atoms with Gasteiger partial charge in [-0.1, -0.05) is 45.4 Å². The molecule has 0 aromatic heterocycles. The number of nitrogens with one attached hydrogen (secondary N) is 2. The van der Waals surface area contributed by atoms with Gasteiger partial charge in [-0.2, -0.15) is 0 Å². The lowest BCUT2D eigenvalue weighted by Crippen LogP contribution is -2.80. The minimum atomic E-state index is -0.219. The van der Waals surface area contributed by atoms with Crippen molar-refractivity contribution in [1.82, 2.24) is 20.4 Å². The molecule has 0 aromatic carbocycles. The van der Waals surface area contributed by atoms with Gasteiger partial charge >= 0.3 is 0 Å². The molecule has 0 aliphatic carbocycles. The van der Waals surface area contributed by atoms with Crippen LogP contribution in [0.2, 0.25) is 0 Å². The van der Waals surface area contributed by atoms with Crippen LogP contribution in [0.25, 0.3) is 0 Å². The lowest BCUT2D eigenvalue weighted by molar-refractivity contribution is -0.160. The minimum Gasteiger partial charge on any atom is -0.313 e. The summed E-state index contributed by atoms with van der Waals surface area (Å²) >= 11 is 0. The summed E-state index contributed by atoms with van der Waals surface area (Å²) in [5.41, 5.74) is 0. The molecular formula is C24H54N4. The van der Waals surface area contributed by atoms with Crippen molar-refractivity contribution in [3.05, 3.63) is 0 Å². The Bertz CT molecular complexity index is 343. The number of unbranched alkanes of at least 4 members (excludes halogenated alkanes) is 5. The predicted octanol–water partition coefficient (Wildman–Crippen LogP) is 5.44. The van der Waals surface area contributed by atoms with Gasteiger partial charge in [0, 0.05) is 24.2 Å². The van der Waals surface area contributed by atoms with Crippen molar-refractivity contribution in [2.75, 3.05) is 14.1 Å². The Kier molecular flexibility index (Phi) is 13.9. The van der Waals surface area contributed by atoms with E-state index in [2.05, 4.69) is 96.8 Å². The number of nitrogens with zero attached hydrogens (tertiary/aromatic N) is 2. The van der Waals surface area contributed by atoms with Crippen molar-refractivity contribution in [3.8, 4) is 0 Å². The summed E-state index contributed by atoms with van der Waals surface area (Å²) in [6, 6.07) is 2.17. The maximum Gasteiger partial charge on any atom is 0.145 e. The third-order valence-electron chi connectivity index (χ3n) is 6.06. The maximum atomic E-state index is 3.84. The highest BCUT2D eigenvalue weighted by molar-refractivity contribution is 5.01. The van der Waals surface area contributed by atoms with Crippen LogP contribution in [-0.2, 0) is 0 Å². The van der Waals surface area contributed by atoms with Crippen molar-refractivity contribution >= 4 is 0 Å². The van der Waals surface area contributed by atoms with Crippen molar-refractivity contribution in [3.63, 3.8) is 0 Å². The monoisotopic (exact) mass is 398 g/mol. The van der Waals surface area contributed by atoms with Gasteiger partial charge < -0.3 is 5.32 Å². The highest BCUT2D eigenvalue weighted by Gasteiger charge is 2.50. The normalized spacial score (nSPS) is 14.5. The summed E-state index contributed by atoms with van der Waals surface area (Å²) < 4.78 is 0. The van der Waals surface area contributed by atoms with Gasteiger partial charge in [-0.05, 0) is 75.9 Å². The summed E-state index contributed by atoms with van der Waals surface area (Å²) in [5, 5.41) is 7.57. The highest BCUT2D eigenvalue weighted by atomic mass is 15.6. The van der Waals surface area contributed by atoms with E-state index < -0.39 is 0 Å². The fourth-order valence-corrected chi connectivity index (χ4v) is 5.37. The zero-order valence-corrected chi connectivity index (χ0v) is 21.2. The molecule has 0 saturated heterocycles. The van der Waals surface area contributed by atoms with Crippen LogP contribution >= 0.6 is 0 Å². The molecule has 1 unspecified atom stereocenters. The molecule has 0 rings (SSSR count). The van der Waals surface area contributed by atoms with E-state index in [1.807, 2.05) is 0 Å². The van der Waals surface area contributed by atoms with E-state index in [-0.39, 0.29) is 5.79 Å². The Balaban J connectivity index is 5.88. The fraction of sp³-hybridized carbons (Fsp3) is 1.00. The molecule has 0 saturated carbocycles. The summed E-state index contributed by atoms with van der Waals surface area (Å²) in [6.45, 7) is 21.0. The standard InChI is InChI=1S/C24H54N4/c1-12-13-14-15-16-17-18-23(25-10)24(26-11,27(19(2)3)20(4)5)28(21(6)7)22(8)9/h19-23,25-26H,12-18H2,1-11H3. The van der Waals surface area contributed by atoms with E-state index in [1.165, 1.54) is 44.9 Å². The largest absolute Gasteiger partial charge is 0.313 e. The SMILES string of the molecule is CCCCCCCCC(NC)C(NC)(N(C(C)C)C(C)C)N(C(C)C)C(C)C. The molecule has 0 aliphatic rings. The average Bonchev–Trinajstić information content (AvgIpc) is 2.59. The third-order valence-corrected chi connectivity index (χ3v) is 6.06. The van der Waals surface area contributed by atoms with Crippen LogP contribution in [0.5, 0.6) is 0 Å². The highest BCUT2D eigenvalue weighted by Crippen LogP contribution is 2.33. The predicted molar refractivity (Wildman–Crippen MR) is 127 cm³/mol. The molecule has 4 heteroatoms. The van der Waals surface area contributed by atoms with Gasteiger partial charge in [-0.15, -0.1) is 0 Å². The second kappa shape index (κ2) is 14.0. The lowest BCUT2D eigenvalue weighted by Gasteiger charge is -2.60. The smallest absolute Gasteiger partial charge is 0.145 e. The van der Waals surface area contributed by atoms with Crippen LogP contribution in [0.15, 0.2) is 0 Å². The second-order valence-corrected chi connectivity index (χ2v) is 9.56. The molecular weight excluding hydrogens is 344 g/mol. The number of likely N-dealkylation sites (N-methyl/N-ethyl adjacent to an activating group) is 2. The van der Waals surface area contributed by atoms with Gasteiger partial charge in [-0.3, -0.25) is 15.1 Å². The van der Waals surface area contributed by atoms with Gasteiger partial charge in [0.1, 0.15) is 5.79 Å². The first-order valence-corrected chi connectivity index (χ1v) is 12.0. The van der Waals surface area contributed by atoms with E-state index in [0.29, 0.717) is 30.2 Å². The van der Waals surface area contributed by atoms with E-state index in [0.717, 1.165) is 0 Å². The topological polar surface area (TPSA) is 30.5 Å².